The van der Waals surface area contributed by atoms with Crippen molar-refractivity contribution in [3.63, 3.8) is 0 Å². The maximum absolute atomic E-state index is 5.93. The van der Waals surface area contributed by atoms with E-state index in [0.29, 0.717) is 12.3 Å². The van der Waals surface area contributed by atoms with Crippen LogP contribution in [-0.4, -0.2) is 35.0 Å². The minimum absolute atomic E-state index is 0.534. The molecule has 0 aromatic carbocycles. The Morgan fingerprint density at radius 3 is 2.62 bits per heavy atom. The van der Waals surface area contributed by atoms with Crippen LogP contribution in [0.4, 0.5) is 0 Å². The van der Waals surface area contributed by atoms with Crippen molar-refractivity contribution in [2.24, 2.45) is 14.1 Å². The summed E-state index contributed by atoms with van der Waals surface area (Å²) >= 11 is 5.93. The molecule has 3 aromatic rings. The number of rotatable bonds is 5. The van der Waals surface area contributed by atoms with Crippen LogP contribution in [0.3, 0.4) is 0 Å². The van der Waals surface area contributed by atoms with Crippen molar-refractivity contribution in [3.05, 3.63) is 23.8 Å². The molecule has 3 heterocycles. The lowest BCUT2D eigenvalue weighted by atomic mass is 10.2. The summed E-state index contributed by atoms with van der Waals surface area (Å²) in [6, 6.07) is 1.98. The van der Waals surface area contributed by atoms with Gasteiger partial charge in [-0.1, -0.05) is 13.3 Å². The van der Waals surface area contributed by atoms with Crippen molar-refractivity contribution in [2.75, 3.05) is 5.88 Å². The first-order valence-corrected chi connectivity index (χ1v) is 7.68. The lowest BCUT2D eigenvalue weighted by Crippen LogP contribution is -2.07. The van der Waals surface area contributed by atoms with Crippen molar-refractivity contribution in [3.8, 4) is 5.82 Å². The van der Waals surface area contributed by atoms with Gasteiger partial charge in [-0.3, -0.25) is 9.25 Å². The number of nitrogens with zero attached hydrogens (tertiary/aromatic N) is 6. The quantitative estimate of drug-likeness (QED) is 0.679. The highest BCUT2D eigenvalue weighted by molar-refractivity contribution is 6.17. The van der Waals surface area contributed by atoms with Gasteiger partial charge in [0.1, 0.15) is 11.3 Å². The second-order valence-corrected chi connectivity index (χ2v) is 5.52. The minimum Gasteiger partial charge on any atom is -0.274 e. The third-order valence-electron chi connectivity index (χ3n) is 3.51. The predicted molar refractivity (Wildman–Crippen MR) is 83.0 cm³/mol. The van der Waals surface area contributed by atoms with E-state index in [2.05, 4.69) is 21.7 Å². The molecule has 0 fully saturated rings. The van der Waals surface area contributed by atoms with Gasteiger partial charge in [-0.05, 0) is 6.42 Å². The van der Waals surface area contributed by atoms with E-state index in [4.69, 9.17) is 16.6 Å². The molecule has 0 bridgehead atoms. The third kappa shape index (κ3) is 2.33. The molecule has 0 spiro atoms. The molecule has 0 saturated heterocycles. The summed E-state index contributed by atoms with van der Waals surface area (Å²) < 4.78 is 5.73. The van der Waals surface area contributed by atoms with Gasteiger partial charge in [-0.2, -0.15) is 10.2 Å². The van der Waals surface area contributed by atoms with Crippen LogP contribution in [0.1, 0.15) is 24.9 Å². The highest BCUT2D eigenvalue weighted by Gasteiger charge is 2.20. The molecule has 7 heteroatoms. The number of imidazole rings is 1. The number of hydrogen-bond donors (Lipinski definition) is 0. The van der Waals surface area contributed by atoms with E-state index in [1.54, 1.807) is 4.68 Å². The van der Waals surface area contributed by atoms with Crippen LogP contribution in [0.25, 0.3) is 17.0 Å². The van der Waals surface area contributed by atoms with E-state index in [1.165, 1.54) is 0 Å². The van der Waals surface area contributed by atoms with Crippen LogP contribution in [0.5, 0.6) is 0 Å². The van der Waals surface area contributed by atoms with Gasteiger partial charge >= 0.3 is 0 Å². The zero-order chi connectivity index (χ0) is 15.0. The minimum atomic E-state index is 0.534. The van der Waals surface area contributed by atoms with E-state index in [1.807, 2.05) is 31.0 Å². The van der Waals surface area contributed by atoms with Gasteiger partial charge in [0, 0.05) is 38.7 Å². The smallest absolute Gasteiger partial charge is 0.164 e. The zero-order valence-corrected chi connectivity index (χ0v) is 13.3. The Kier molecular flexibility index (Phi) is 3.71. The number of hydrogen-bond acceptors (Lipinski definition) is 3. The van der Waals surface area contributed by atoms with Crippen molar-refractivity contribution in [1.29, 1.82) is 0 Å². The fraction of sp³-hybridized carbons (Fsp3) is 0.500. The van der Waals surface area contributed by atoms with Crippen molar-refractivity contribution in [1.82, 2.24) is 29.1 Å². The Balaban J connectivity index is 2.26. The van der Waals surface area contributed by atoms with E-state index in [0.717, 1.165) is 41.3 Å². The molecule has 0 aliphatic heterocycles. The Morgan fingerprint density at radius 1 is 1.19 bits per heavy atom. The van der Waals surface area contributed by atoms with Crippen LogP contribution in [0, 0.1) is 0 Å². The van der Waals surface area contributed by atoms with Gasteiger partial charge in [0.05, 0.1) is 5.69 Å². The van der Waals surface area contributed by atoms with Crippen molar-refractivity contribution in [2.45, 2.75) is 26.2 Å². The SMILES string of the molecule is CCCc1nn(C)c2c1nc(CCCl)n2-c1ccn(C)n1. The maximum atomic E-state index is 5.93. The van der Waals surface area contributed by atoms with Gasteiger partial charge in [0.25, 0.3) is 0 Å². The molecule has 0 radical (unpaired) electrons. The Morgan fingerprint density at radius 2 is 2.00 bits per heavy atom. The zero-order valence-electron chi connectivity index (χ0n) is 12.5. The summed E-state index contributed by atoms with van der Waals surface area (Å²) in [7, 11) is 3.86. The van der Waals surface area contributed by atoms with Crippen molar-refractivity contribution >= 4 is 22.8 Å². The van der Waals surface area contributed by atoms with Crippen molar-refractivity contribution < 1.29 is 0 Å². The summed E-state index contributed by atoms with van der Waals surface area (Å²) in [6.07, 6.45) is 4.61. The average Bonchev–Trinajstić information content (AvgIpc) is 3.09. The van der Waals surface area contributed by atoms with Crippen LogP contribution in [0.15, 0.2) is 12.3 Å². The molecule has 0 aliphatic rings. The van der Waals surface area contributed by atoms with Gasteiger partial charge in [-0.25, -0.2) is 9.67 Å². The summed E-state index contributed by atoms with van der Waals surface area (Å²) in [5.41, 5.74) is 2.99. The van der Waals surface area contributed by atoms with E-state index >= 15 is 0 Å². The van der Waals surface area contributed by atoms with E-state index < -0.39 is 0 Å². The summed E-state index contributed by atoms with van der Waals surface area (Å²) in [6.45, 7) is 2.15. The second-order valence-electron chi connectivity index (χ2n) is 5.14. The molecule has 0 unspecified atom stereocenters. The highest BCUT2D eigenvalue weighted by Crippen LogP contribution is 2.24. The molecule has 0 aliphatic carbocycles. The first-order chi connectivity index (χ1) is 10.2. The standard InChI is InChI=1S/C14H19ClN6/c1-4-5-10-13-14(20(3)17-10)21(11(16-13)6-8-15)12-7-9-19(2)18-12/h7,9H,4-6,8H2,1-3H3. The molecule has 112 valence electrons. The Hall–Kier alpha value is -1.82. The fourth-order valence-electron chi connectivity index (χ4n) is 2.64. The summed E-state index contributed by atoms with van der Waals surface area (Å²) in [5, 5.41) is 9.10. The number of alkyl halides is 1. The largest absolute Gasteiger partial charge is 0.274 e. The molecular formula is C14H19ClN6. The second kappa shape index (κ2) is 5.52. The molecular weight excluding hydrogens is 288 g/mol. The van der Waals surface area contributed by atoms with Crippen LogP contribution in [0.2, 0.25) is 0 Å². The topological polar surface area (TPSA) is 53.5 Å². The van der Waals surface area contributed by atoms with E-state index in [-0.39, 0.29) is 0 Å². The lowest BCUT2D eigenvalue weighted by molar-refractivity contribution is 0.712. The van der Waals surface area contributed by atoms with Crippen LogP contribution >= 0.6 is 11.6 Å². The molecule has 0 saturated carbocycles. The number of aryl methyl sites for hydroxylation is 4. The van der Waals surface area contributed by atoms with Gasteiger partial charge in [0.15, 0.2) is 11.5 Å². The summed E-state index contributed by atoms with van der Waals surface area (Å²) in [4.78, 5) is 4.77. The number of aromatic nitrogens is 6. The molecule has 0 N–H and O–H groups in total. The molecule has 0 atom stereocenters. The molecule has 21 heavy (non-hydrogen) atoms. The first-order valence-electron chi connectivity index (χ1n) is 7.14. The van der Waals surface area contributed by atoms with Crippen LogP contribution < -0.4 is 0 Å². The van der Waals surface area contributed by atoms with Gasteiger partial charge < -0.3 is 0 Å². The molecule has 0 amide bonds. The number of halogens is 1. The fourth-order valence-corrected chi connectivity index (χ4v) is 2.81. The molecule has 3 rings (SSSR count). The monoisotopic (exact) mass is 306 g/mol. The number of fused-ring (bicyclic) bond motifs is 1. The summed E-state index contributed by atoms with van der Waals surface area (Å²) in [5.74, 6) is 2.32. The predicted octanol–water partition coefficient (Wildman–Crippen LogP) is 2.23. The normalized spacial score (nSPS) is 11.6. The Bertz CT molecular complexity index is 766. The average molecular weight is 307 g/mol. The van der Waals surface area contributed by atoms with E-state index in [9.17, 15) is 0 Å². The van der Waals surface area contributed by atoms with Gasteiger partial charge in [0.2, 0.25) is 0 Å². The molecule has 3 aromatic heterocycles. The first kappa shape index (κ1) is 14.1. The third-order valence-corrected chi connectivity index (χ3v) is 3.70. The Labute approximate surface area is 128 Å². The molecule has 6 nitrogen and oxygen atoms in total. The highest BCUT2D eigenvalue weighted by atomic mass is 35.5. The lowest BCUT2D eigenvalue weighted by Gasteiger charge is -2.05. The maximum Gasteiger partial charge on any atom is 0.164 e. The van der Waals surface area contributed by atoms with Crippen LogP contribution in [-0.2, 0) is 26.9 Å². The van der Waals surface area contributed by atoms with Gasteiger partial charge in [-0.15, -0.1) is 11.6 Å².